The third-order valence-electron chi connectivity index (χ3n) is 0.486. The second-order valence-electron chi connectivity index (χ2n) is 0.959. The number of halogens is 1. The van der Waals surface area contributed by atoms with Crippen molar-refractivity contribution in [2.45, 2.75) is 0 Å². The van der Waals surface area contributed by atoms with Gasteiger partial charge in [0.05, 0.1) is 5.15 Å². The normalized spacial score (nSPS) is 6.10. The van der Waals surface area contributed by atoms with Gasteiger partial charge in [-0.25, -0.2) is 0 Å². The van der Waals surface area contributed by atoms with E-state index in [2.05, 4.69) is 16.2 Å². The third kappa shape index (κ3) is 7.17. The molecule has 1 aromatic heterocycles. The van der Waals surface area contributed by atoms with Crippen molar-refractivity contribution in [1.29, 1.82) is 0 Å². The quantitative estimate of drug-likeness (QED) is 0.664. The molecule has 0 N–H and O–H groups in total. The van der Waals surface area contributed by atoms with Crippen molar-refractivity contribution < 1.29 is 51.3 Å². The molecule has 0 unspecified atom stereocenters. The first kappa shape index (κ1) is 17.2. The van der Waals surface area contributed by atoms with E-state index in [9.17, 15) is 0 Å². The number of rotatable bonds is 0. The second-order valence-corrected chi connectivity index (χ2v) is 1.32. The Hall–Kier alpha value is 1.06. The van der Waals surface area contributed by atoms with Crippen LogP contribution in [0.2, 0.25) is 5.15 Å². The van der Waals surface area contributed by atoms with Crippen LogP contribution in [-0.4, -0.2) is 9.97 Å². The molecule has 0 bridgehead atoms. The van der Waals surface area contributed by atoms with Gasteiger partial charge in [-0.3, -0.25) is 4.98 Å². The number of aromatic nitrogens is 2. The van der Waals surface area contributed by atoms with E-state index in [-0.39, 0.29) is 58.7 Å². The number of hydrogen-bond acceptors (Lipinski definition) is 2. The Balaban J connectivity index is -0.000000163. The topological polar surface area (TPSA) is 25.8 Å². The van der Waals surface area contributed by atoms with E-state index in [0.29, 0.717) is 5.15 Å². The average molecular weight is 268 g/mol. The summed E-state index contributed by atoms with van der Waals surface area (Å²) >= 11 is 5.31. The fraction of sp³-hybridized carbons (Fsp3) is 0. The van der Waals surface area contributed by atoms with Crippen LogP contribution >= 0.6 is 11.6 Å². The zero-order valence-electron chi connectivity index (χ0n) is 5.45. The molecule has 10 heavy (non-hydrogen) atoms. The first-order valence-electron chi connectivity index (χ1n) is 1.74. The molecule has 2 nitrogen and oxygen atoms in total. The van der Waals surface area contributed by atoms with Gasteiger partial charge in [0, 0.05) is 51.3 Å². The third-order valence-corrected chi connectivity index (χ3v) is 0.668. The summed E-state index contributed by atoms with van der Waals surface area (Å²) in [6, 6.07) is 0. The summed E-state index contributed by atoms with van der Waals surface area (Å²) in [5.74, 6) is 0. The van der Waals surface area contributed by atoms with E-state index in [4.69, 9.17) is 11.6 Å². The molecule has 0 fully saturated rings. The molecule has 1 rings (SSSR count). The molecule has 0 saturated carbocycles. The van der Waals surface area contributed by atoms with E-state index in [1.54, 1.807) is 0 Å². The van der Waals surface area contributed by atoms with E-state index in [0.717, 1.165) is 0 Å². The Morgan fingerprint density at radius 1 is 1.40 bits per heavy atom. The molecule has 5 heteroatoms. The van der Waals surface area contributed by atoms with Gasteiger partial charge < -0.3 is 12.4 Å². The van der Waals surface area contributed by atoms with Crippen LogP contribution in [0.15, 0.2) is 12.4 Å². The van der Waals surface area contributed by atoms with E-state index in [1.165, 1.54) is 12.4 Å². The van der Waals surface area contributed by atoms with Crippen LogP contribution in [0.3, 0.4) is 0 Å². The molecule has 0 spiro atoms. The Kier molecular flexibility index (Phi) is 17.3. The fourth-order valence-electron chi connectivity index (χ4n) is 0.252. The molecule has 2 radical (unpaired) electrons. The predicted molar refractivity (Wildman–Crippen MR) is 32.3 cm³/mol. The van der Waals surface area contributed by atoms with Gasteiger partial charge in [-0.2, -0.15) is 0 Å². The molecule has 0 aromatic carbocycles. The Labute approximate surface area is 103 Å². The minimum atomic E-state index is 0. The van der Waals surface area contributed by atoms with Crippen LogP contribution in [0.5, 0.6) is 0 Å². The van der Waals surface area contributed by atoms with Crippen LogP contribution in [0.25, 0.3) is 0 Å². The van der Waals surface area contributed by atoms with Gasteiger partial charge in [0.1, 0.15) is 0 Å². The monoisotopic (exact) mass is 268 g/mol. The maximum absolute atomic E-state index is 5.31. The van der Waals surface area contributed by atoms with Crippen molar-refractivity contribution in [3.63, 3.8) is 0 Å². The number of nitrogens with zero attached hydrogens (tertiary/aromatic N) is 2. The largest absolute Gasteiger partial charge is 0.455 e. The van der Waals surface area contributed by atoms with E-state index < -0.39 is 0 Å². The SMILES string of the molecule is Clc1[c-]nccn1.[CH3-].[V].[Y]. The van der Waals surface area contributed by atoms with Crippen LogP contribution in [-0.2, 0) is 51.3 Å². The first-order valence-corrected chi connectivity index (χ1v) is 2.11. The van der Waals surface area contributed by atoms with Gasteiger partial charge in [-0.1, -0.05) is 11.6 Å². The van der Waals surface area contributed by atoms with E-state index >= 15 is 0 Å². The summed E-state index contributed by atoms with van der Waals surface area (Å²) in [4.78, 5) is 7.19. The molecular weight excluding hydrogens is 263 g/mol. The van der Waals surface area contributed by atoms with Crippen LogP contribution < -0.4 is 0 Å². The van der Waals surface area contributed by atoms with Gasteiger partial charge >= 0.3 is 0 Å². The summed E-state index contributed by atoms with van der Waals surface area (Å²) in [5, 5.41) is 0.308. The Morgan fingerprint density at radius 2 is 2.00 bits per heavy atom. The van der Waals surface area contributed by atoms with Crippen molar-refractivity contribution in [2.24, 2.45) is 0 Å². The summed E-state index contributed by atoms with van der Waals surface area (Å²) < 4.78 is 0. The zero-order chi connectivity index (χ0) is 5.11. The maximum atomic E-state index is 5.31. The van der Waals surface area contributed by atoms with Crippen molar-refractivity contribution in [1.82, 2.24) is 9.97 Å². The minimum absolute atomic E-state index is 0. The molecular formula is C5H5ClN2VY-2. The molecule has 1 heterocycles. The molecule has 0 amide bonds. The van der Waals surface area contributed by atoms with Gasteiger partial charge in [0.15, 0.2) is 0 Å². The molecule has 52 valence electrons. The summed E-state index contributed by atoms with van der Waals surface area (Å²) in [6.45, 7) is 0. The number of hydrogen-bond donors (Lipinski definition) is 0. The Bertz CT molecular complexity index is 150. The fourth-order valence-corrected chi connectivity index (χ4v) is 0.357. The van der Waals surface area contributed by atoms with Crippen molar-refractivity contribution in [3.05, 3.63) is 31.2 Å². The molecule has 0 aliphatic carbocycles. The summed E-state index contributed by atoms with van der Waals surface area (Å²) in [5.41, 5.74) is 0. The zero-order valence-corrected chi connectivity index (χ0v) is 10.4. The van der Waals surface area contributed by atoms with Crippen LogP contribution in [0.1, 0.15) is 0 Å². The van der Waals surface area contributed by atoms with Crippen LogP contribution in [0.4, 0.5) is 0 Å². The molecule has 0 saturated heterocycles. The van der Waals surface area contributed by atoms with Crippen molar-refractivity contribution >= 4 is 11.6 Å². The maximum Gasteiger partial charge on any atom is 0.0556 e. The van der Waals surface area contributed by atoms with Gasteiger partial charge in [-0.15, -0.1) is 12.4 Å². The van der Waals surface area contributed by atoms with Gasteiger partial charge in [0.2, 0.25) is 0 Å². The smallest absolute Gasteiger partial charge is 0.0556 e. The van der Waals surface area contributed by atoms with Crippen molar-refractivity contribution in [3.8, 4) is 0 Å². The van der Waals surface area contributed by atoms with Crippen molar-refractivity contribution in [2.75, 3.05) is 0 Å². The summed E-state index contributed by atoms with van der Waals surface area (Å²) in [6.07, 6.45) is 5.47. The first-order chi connectivity index (χ1) is 3.39. The van der Waals surface area contributed by atoms with Gasteiger partial charge in [-0.05, 0) is 6.20 Å². The standard InChI is InChI=1S/C4H2ClN2.CH3.V.Y/c5-4-3-6-1-2-7-4;;;/h1-2H;1H3;;/q2*-1;;. The van der Waals surface area contributed by atoms with E-state index in [1.807, 2.05) is 0 Å². The second kappa shape index (κ2) is 10.1. The van der Waals surface area contributed by atoms with Gasteiger partial charge in [0.25, 0.3) is 0 Å². The molecule has 0 aliphatic rings. The molecule has 0 aliphatic heterocycles. The predicted octanol–water partition coefficient (Wildman–Crippen LogP) is 1.38. The molecule has 0 atom stereocenters. The van der Waals surface area contributed by atoms with Crippen LogP contribution in [0, 0.1) is 13.6 Å². The minimum Gasteiger partial charge on any atom is -0.455 e. The summed E-state index contributed by atoms with van der Waals surface area (Å²) in [7, 11) is 0. The average Bonchev–Trinajstić information content (AvgIpc) is 1.69. The Morgan fingerprint density at radius 3 is 2.20 bits per heavy atom. The molecule has 1 aromatic rings.